The fourth-order valence-electron chi connectivity index (χ4n) is 6.56. The first kappa shape index (κ1) is 36.4. The first-order valence-corrected chi connectivity index (χ1v) is 18.4. The third-order valence-corrected chi connectivity index (χ3v) is 14.0. The Balaban J connectivity index is 1.01. The number of ether oxygens (including phenoxy) is 3. The van der Waals surface area contributed by atoms with Crippen LogP contribution in [0.2, 0.25) is 5.02 Å². The van der Waals surface area contributed by atoms with E-state index in [-0.39, 0.29) is 12.2 Å². The van der Waals surface area contributed by atoms with Gasteiger partial charge in [-0.3, -0.25) is 19.7 Å². The van der Waals surface area contributed by atoms with E-state index < -0.39 is 96.8 Å². The quantitative estimate of drug-likeness (QED) is 0.188. The molecule has 16 nitrogen and oxygen atoms in total. The number of hydrogen-bond acceptors (Lipinski definition) is 13. The van der Waals surface area contributed by atoms with Crippen molar-refractivity contribution in [2.75, 3.05) is 12.1 Å². The van der Waals surface area contributed by atoms with Gasteiger partial charge in [-0.25, -0.2) is 22.8 Å². The van der Waals surface area contributed by atoms with E-state index >= 15 is 0 Å². The molecule has 4 aliphatic heterocycles. The molecule has 2 aromatic carbocycles. The zero-order valence-electron chi connectivity index (χ0n) is 27.7. The molecule has 4 N–H and O–H groups in total. The Morgan fingerprint density at radius 3 is 2.18 bits per heavy atom. The van der Waals surface area contributed by atoms with Gasteiger partial charge in [0.1, 0.15) is 40.7 Å². The molecule has 0 saturated carbocycles. The average molecular weight is 764 g/mol. The van der Waals surface area contributed by atoms with Crippen molar-refractivity contribution in [3.8, 4) is 5.75 Å². The summed E-state index contributed by atoms with van der Waals surface area (Å²) in [6, 6.07) is 7.68. The fourth-order valence-corrected chi connectivity index (χ4v) is 10.4. The molecule has 1 unspecified atom stereocenters. The van der Waals surface area contributed by atoms with Crippen LogP contribution in [0.3, 0.4) is 0 Å². The number of nitrogens with two attached hydrogens (primary N) is 1. The summed E-state index contributed by atoms with van der Waals surface area (Å²) >= 11 is 7.11. The number of carbonyl (C=O) groups excluding carboxylic acids is 6. The molecule has 4 saturated heterocycles. The minimum Gasteiger partial charge on any atom is -0.426 e. The van der Waals surface area contributed by atoms with Crippen molar-refractivity contribution < 1.29 is 51.4 Å². The summed E-state index contributed by atoms with van der Waals surface area (Å²) in [6.45, 7) is 5.23. The first-order chi connectivity index (χ1) is 23.8. The molecule has 272 valence electrons. The number of rotatable bonds is 9. The predicted molar refractivity (Wildman–Crippen MR) is 182 cm³/mol. The lowest BCUT2D eigenvalue weighted by Crippen LogP contribution is -2.71. The van der Waals surface area contributed by atoms with Gasteiger partial charge in [0.15, 0.2) is 9.84 Å². The highest BCUT2D eigenvalue weighted by Crippen LogP contribution is 2.51. The van der Waals surface area contributed by atoms with E-state index in [2.05, 4.69) is 10.6 Å². The van der Waals surface area contributed by atoms with E-state index in [0.29, 0.717) is 16.3 Å². The second kappa shape index (κ2) is 13.0. The number of anilines is 1. The average Bonchev–Trinajstić information content (AvgIpc) is 3.39. The maximum absolute atomic E-state index is 13.2. The minimum absolute atomic E-state index is 0.190. The van der Waals surface area contributed by atoms with Crippen LogP contribution in [0.4, 0.5) is 10.5 Å². The molecular formula is C32H34ClN5O11S2. The van der Waals surface area contributed by atoms with Gasteiger partial charge < -0.3 is 35.1 Å². The smallest absolute Gasteiger partial charge is 0.417 e. The molecule has 6 atom stereocenters. The van der Waals surface area contributed by atoms with Gasteiger partial charge in [0.25, 0.3) is 0 Å². The molecule has 0 radical (unpaired) electrons. The lowest BCUT2D eigenvalue weighted by molar-refractivity contribution is -0.181. The molecule has 6 rings (SSSR count). The molecular weight excluding hydrogens is 730 g/mol. The Hall–Kier alpha value is -4.39. The van der Waals surface area contributed by atoms with E-state index in [0.717, 1.165) is 4.90 Å². The molecule has 4 fully saturated rings. The standard InChI is InChI=1S/C32H34ClN5O11S2/c1-31(2)23(28(42)47-14-48-29(43)24-32(3,4)51(45,46)20-13-19(39)37(20)24)38-26(41)22(27(38)50-31)36-25(40)21(34)15-5-11-18(12-6-15)49-30(44)35-17-9-7-16(33)8-10-17/h5-12,20-24,27H,13-14,34H2,1-4H3,(H,35,44)(H,36,40)/t20-,21?,22-,23+,24+,27-/m1/s1. The van der Waals surface area contributed by atoms with Gasteiger partial charge in [0.2, 0.25) is 24.5 Å². The highest BCUT2D eigenvalue weighted by molar-refractivity contribution is 8.01. The Morgan fingerprint density at radius 2 is 1.57 bits per heavy atom. The monoisotopic (exact) mass is 763 g/mol. The number of carbonyl (C=O) groups is 6. The van der Waals surface area contributed by atoms with Gasteiger partial charge in [-0.15, -0.1) is 11.8 Å². The number of fused-ring (bicyclic) bond motifs is 2. The van der Waals surface area contributed by atoms with Crippen LogP contribution in [-0.2, 0) is 43.3 Å². The normalized spacial score (nSPS) is 26.8. The summed E-state index contributed by atoms with van der Waals surface area (Å²) in [7, 11) is -3.84. The fraction of sp³-hybridized carbons (Fsp3) is 0.438. The highest BCUT2D eigenvalue weighted by Gasteiger charge is 2.68. The third kappa shape index (κ3) is 6.27. The first-order valence-electron chi connectivity index (χ1n) is 15.6. The number of hydrogen-bond donors (Lipinski definition) is 3. The SMILES string of the molecule is CC1(C)S[C@@H]2[C@H](NC(=O)C(N)c3ccc(OC(=O)Nc4ccc(Cl)cc4)cc3)C(=O)N2[C@H]1C(=O)OCOC(=O)[C@@H]1N2C(=O)C[C@H]2S(=O)(=O)C1(C)C. The number of nitrogens with one attached hydrogen (secondary N) is 2. The summed E-state index contributed by atoms with van der Waals surface area (Å²) in [5.74, 6) is -3.42. The van der Waals surface area contributed by atoms with Crippen molar-refractivity contribution in [3.05, 3.63) is 59.1 Å². The molecule has 2 aromatic rings. The molecule has 51 heavy (non-hydrogen) atoms. The molecule has 0 aromatic heterocycles. The van der Waals surface area contributed by atoms with Crippen molar-refractivity contribution in [2.45, 2.75) is 78.5 Å². The Morgan fingerprint density at radius 1 is 0.961 bits per heavy atom. The van der Waals surface area contributed by atoms with Gasteiger partial charge in [-0.05, 0) is 69.7 Å². The summed E-state index contributed by atoms with van der Waals surface area (Å²) < 4.78 is 38.7. The lowest BCUT2D eigenvalue weighted by Gasteiger charge is -2.44. The van der Waals surface area contributed by atoms with Crippen LogP contribution in [0.1, 0.15) is 45.7 Å². The van der Waals surface area contributed by atoms with E-state index in [1.165, 1.54) is 54.8 Å². The molecule has 4 amide bonds. The number of esters is 2. The van der Waals surface area contributed by atoms with E-state index in [1.807, 2.05) is 0 Å². The number of β-lactam (4-membered cyclic amide) rings is 2. The largest absolute Gasteiger partial charge is 0.426 e. The molecule has 0 bridgehead atoms. The zero-order valence-corrected chi connectivity index (χ0v) is 30.0. The molecule has 0 aliphatic carbocycles. The third-order valence-electron chi connectivity index (χ3n) is 9.39. The lowest BCUT2D eigenvalue weighted by atomic mass is 9.95. The molecule has 19 heteroatoms. The summed E-state index contributed by atoms with van der Waals surface area (Å²) in [5, 5.41) is 3.99. The summed E-state index contributed by atoms with van der Waals surface area (Å²) in [4.78, 5) is 79.0. The Labute approximate surface area is 301 Å². The van der Waals surface area contributed by atoms with Crippen LogP contribution in [0, 0.1) is 0 Å². The number of benzene rings is 2. The Kier molecular flexibility index (Phi) is 9.27. The van der Waals surface area contributed by atoms with E-state index in [9.17, 15) is 37.2 Å². The predicted octanol–water partition coefficient (Wildman–Crippen LogP) is 1.68. The molecule has 4 aliphatic rings. The molecule has 0 spiro atoms. The molecule has 4 heterocycles. The van der Waals surface area contributed by atoms with Crippen LogP contribution in [0.5, 0.6) is 5.75 Å². The van der Waals surface area contributed by atoms with Crippen LogP contribution in [0.25, 0.3) is 0 Å². The Bertz CT molecular complexity index is 1920. The van der Waals surface area contributed by atoms with Crippen LogP contribution >= 0.6 is 23.4 Å². The van der Waals surface area contributed by atoms with E-state index in [1.54, 1.807) is 38.1 Å². The maximum Gasteiger partial charge on any atom is 0.417 e. The van der Waals surface area contributed by atoms with Crippen molar-refractivity contribution in [3.63, 3.8) is 0 Å². The highest BCUT2D eigenvalue weighted by atomic mass is 35.5. The van der Waals surface area contributed by atoms with Crippen LogP contribution in [0.15, 0.2) is 48.5 Å². The van der Waals surface area contributed by atoms with Gasteiger partial charge in [0.05, 0.1) is 11.2 Å². The number of sulfone groups is 1. The van der Waals surface area contributed by atoms with Crippen LogP contribution < -0.4 is 21.1 Å². The maximum atomic E-state index is 13.2. The van der Waals surface area contributed by atoms with Crippen molar-refractivity contribution in [1.82, 2.24) is 15.1 Å². The van der Waals surface area contributed by atoms with Crippen molar-refractivity contribution >= 4 is 74.6 Å². The zero-order chi connectivity index (χ0) is 37.2. The van der Waals surface area contributed by atoms with E-state index in [4.69, 9.17) is 31.5 Å². The van der Waals surface area contributed by atoms with Crippen molar-refractivity contribution in [2.24, 2.45) is 5.73 Å². The number of amides is 4. The van der Waals surface area contributed by atoms with Crippen LogP contribution in [-0.4, -0.2) is 99.1 Å². The second-order valence-corrected chi connectivity index (χ2v) is 18.3. The summed E-state index contributed by atoms with van der Waals surface area (Å²) in [5.41, 5.74) is 7.04. The van der Waals surface area contributed by atoms with Crippen molar-refractivity contribution in [1.29, 1.82) is 0 Å². The number of nitrogens with zero attached hydrogens (tertiary/aromatic N) is 2. The number of halogens is 1. The minimum atomic E-state index is -3.84. The number of thioether (sulfide) groups is 1. The summed E-state index contributed by atoms with van der Waals surface area (Å²) in [6.07, 6.45) is -0.956. The topological polar surface area (TPSA) is 221 Å². The van der Waals surface area contributed by atoms with Gasteiger partial charge in [0, 0.05) is 15.5 Å². The second-order valence-electron chi connectivity index (χ2n) is 13.4. The van der Waals surface area contributed by atoms with Gasteiger partial charge in [-0.2, -0.15) is 0 Å². The van der Waals surface area contributed by atoms with Gasteiger partial charge in [-0.1, -0.05) is 23.7 Å². The van der Waals surface area contributed by atoms with Gasteiger partial charge >= 0.3 is 18.0 Å².